The highest BCUT2D eigenvalue weighted by Crippen LogP contribution is 2.34. The van der Waals surface area contributed by atoms with Crippen molar-refractivity contribution in [1.82, 2.24) is 0 Å². The molecule has 0 aromatic heterocycles. The van der Waals surface area contributed by atoms with Gasteiger partial charge in [0, 0.05) is 12.2 Å². The maximum Gasteiger partial charge on any atom is 0.264 e. The summed E-state index contributed by atoms with van der Waals surface area (Å²) in [7, 11) is -6.04. The van der Waals surface area contributed by atoms with Crippen LogP contribution in [0.15, 0.2) is 76.5 Å². The molecular weight excluding hydrogens is 448 g/mol. The third kappa shape index (κ3) is 4.31. The number of benzene rings is 3. The summed E-state index contributed by atoms with van der Waals surface area (Å²) in [6.07, 6.45) is 1.20. The topological polar surface area (TPSA) is 92.8 Å². The molecule has 1 aliphatic heterocycles. The van der Waals surface area contributed by atoms with E-state index >= 15 is 0 Å². The van der Waals surface area contributed by atoms with Crippen LogP contribution >= 0.6 is 0 Å². The molecule has 0 radical (unpaired) electrons. The van der Waals surface area contributed by atoms with Crippen molar-refractivity contribution in [1.29, 1.82) is 0 Å². The number of sulfonamides is 2. The third-order valence-electron chi connectivity index (χ3n) is 5.39. The molecule has 9 heteroatoms. The van der Waals surface area contributed by atoms with Gasteiger partial charge in [0.2, 0.25) is 0 Å². The molecule has 32 heavy (non-hydrogen) atoms. The monoisotopic (exact) mass is 472 g/mol. The van der Waals surface area contributed by atoms with E-state index in [1.807, 2.05) is 6.92 Å². The van der Waals surface area contributed by atoms with Crippen molar-refractivity contribution >= 4 is 31.4 Å². The molecule has 1 heterocycles. The number of rotatable bonds is 6. The second kappa shape index (κ2) is 8.48. The summed E-state index contributed by atoms with van der Waals surface area (Å²) in [6, 6.07) is 17.8. The van der Waals surface area contributed by atoms with E-state index in [-0.39, 0.29) is 9.79 Å². The number of hydrogen-bond acceptors (Lipinski definition) is 5. The van der Waals surface area contributed by atoms with Crippen molar-refractivity contribution in [2.75, 3.05) is 22.7 Å². The lowest BCUT2D eigenvalue weighted by molar-refractivity contribution is 0.415. The number of nitrogens with zero attached hydrogens (tertiary/aromatic N) is 1. The summed E-state index contributed by atoms with van der Waals surface area (Å²) in [5, 5.41) is 0. The fourth-order valence-electron chi connectivity index (χ4n) is 3.67. The molecule has 1 aliphatic rings. The van der Waals surface area contributed by atoms with Crippen LogP contribution in [0.3, 0.4) is 0 Å². The Balaban J connectivity index is 1.64. The van der Waals surface area contributed by atoms with Gasteiger partial charge >= 0.3 is 0 Å². The molecule has 0 saturated heterocycles. The van der Waals surface area contributed by atoms with Crippen molar-refractivity contribution in [2.24, 2.45) is 0 Å². The molecule has 0 saturated carbocycles. The third-order valence-corrected chi connectivity index (χ3v) is 8.59. The van der Waals surface area contributed by atoms with E-state index in [4.69, 9.17) is 4.74 Å². The largest absolute Gasteiger partial charge is 0.497 e. The zero-order valence-electron chi connectivity index (χ0n) is 17.8. The molecule has 0 atom stereocenters. The molecule has 0 aliphatic carbocycles. The van der Waals surface area contributed by atoms with Crippen LogP contribution in [0.1, 0.15) is 17.5 Å². The Morgan fingerprint density at radius 3 is 2.19 bits per heavy atom. The lowest BCUT2D eigenvalue weighted by Crippen LogP contribution is -2.35. The van der Waals surface area contributed by atoms with Crippen LogP contribution in [0, 0.1) is 6.92 Å². The summed E-state index contributed by atoms with van der Waals surface area (Å²) in [6.45, 7) is 2.24. The highest BCUT2D eigenvalue weighted by Gasteiger charge is 2.30. The first-order chi connectivity index (χ1) is 15.2. The number of ether oxygens (including phenoxy) is 1. The van der Waals surface area contributed by atoms with Gasteiger partial charge in [0.25, 0.3) is 20.0 Å². The molecule has 168 valence electrons. The second-order valence-electron chi connectivity index (χ2n) is 7.62. The smallest absolute Gasteiger partial charge is 0.264 e. The Hall–Kier alpha value is -3.04. The molecule has 1 N–H and O–H groups in total. The minimum absolute atomic E-state index is 0.0849. The van der Waals surface area contributed by atoms with Gasteiger partial charge in [0.15, 0.2) is 0 Å². The van der Waals surface area contributed by atoms with Crippen molar-refractivity contribution in [3.63, 3.8) is 0 Å². The molecule has 0 fully saturated rings. The predicted octanol–water partition coefficient (Wildman–Crippen LogP) is 3.95. The minimum Gasteiger partial charge on any atom is -0.497 e. The van der Waals surface area contributed by atoms with Crippen LogP contribution in [0.4, 0.5) is 11.4 Å². The maximum atomic E-state index is 13.2. The van der Waals surface area contributed by atoms with E-state index < -0.39 is 20.0 Å². The minimum atomic E-state index is -3.84. The number of anilines is 2. The highest BCUT2D eigenvalue weighted by molar-refractivity contribution is 7.93. The molecule has 0 unspecified atom stereocenters. The summed E-state index contributed by atoms with van der Waals surface area (Å²) in [4.78, 5) is 0.301. The van der Waals surface area contributed by atoms with Gasteiger partial charge in [-0.3, -0.25) is 9.03 Å². The lowest BCUT2D eigenvalue weighted by Gasteiger charge is -2.31. The average molecular weight is 473 g/mol. The zero-order chi connectivity index (χ0) is 22.9. The van der Waals surface area contributed by atoms with Gasteiger partial charge in [-0.05, 0) is 79.9 Å². The van der Waals surface area contributed by atoms with Gasteiger partial charge in [-0.25, -0.2) is 16.8 Å². The number of methoxy groups -OCH3 is 1. The summed E-state index contributed by atoms with van der Waals surface area (Å²) < 4.78 is 61.2. The van der Waals surface area contributed by atoms with Gasteiger partial charge in [0.05, 0.1) is 22.6 Å². The SMILES string of the molecule is COc1ccc(NS(=O)(=O)c2ccc3c(c2)CCCN3S(=O)(=O)c2ccc(C)cc2)cc1. The van der Waals surface area contributed by atoms with Crippen molar-refractivity contribution < 1.29 is 21.6 Å². The first kappa shape index (κ1) is 22.2. The van der Waals surface area contributed by atoms with E-state index in [0.717, 1.165) is 5.56 Å². The molecule has 0 bridgehead atoms. The molecule has 3 aromatic rings. The van der Waals surface area contributed by atoms with E-state index in [9.17, 15) is 16.8 Å². The van der Waals surface area contributed by atoms with Crippen LogP contribution in [0.25, 0.3) is 0 Å². The van der Waals surface area contributed by atoms with Crippen molar-refractivity contribution in [3.8, 4) is 5.75 Å². The number of nitrogens with one attached hydrogen (secondary N) is 1. The van der Waals surface area contributed by atoms with E-state index in [1.165, 1.54) is 17.5 Å². The standard InChI is InChI=1S/C23H24N2O5S2/c1-17-5-11-21(12-6-17)32(28,29)25-15-3-4-18-16-22(13-14-23(18)25)31(26,27)24-19-7-9-20(30-2)10-8-19/h5-14,16,24H,3-4,15H2,1-2H3. The maximum absolute atomic E-state index is 13.2. The van der Waals surface area contributed by atoms with Crippen molar-refractivity contribution in [3.05, 3.63) is 77.9 Å². The quantitative estimate of drug-likeness (QED) is 0.587. The zero-order valence-corrected chi connectivity index (χ0v) is 19.4. The average Bonchev–Trinajstić information content (AvgIpc) is 2.79. The lowest BCUT2D eigenvalue weighted by atomic mass is 10.0. The molecule has 3 aromatic carbocycles. The predicted molar refractivity (Wildman–Crippen MR) is 124 cm³/mol. The number of fused-ring (bicyclic) bond motifs is 1. The van der Waals surface area contributed by atoms with Crippen molar-refractivity contribution in [2.45, 2.75) is 29.6 Å². The van der Waals surface area contributed by atoms with Gasteiger partial charge < -0.3 is 4.74 Å². The van der Waals surface area contributed by atoms with Gasteiger partial charge in [-0.2, -0.15) is 0 Å². The van der Waals surface area contributed by atoms with Crippen LogP contribution in [-0.2, 0) is 26.5 Å². The van der Waals surface area contributed by atoms with Gasteiger partial charge in [-0.15, -0.1) is 0 Å². The second-order valence-corrected chi connectivity index (χ2v) is 11.2. The molecule has 7 nitrogen and oxygen atoms in total. The van der Waals surface area contributed by atoms with E-state index in [2.05, 4.69) is 4.72 Å². The molecule has 0 amide bonds. The first-order valence-corrected chi connectivity index (χ1v) is 13.0. The van der Waals surface area contributed by atoms with Crippen LogP contribution in [0.5, 0.6) is 5.75 Å². The van der Waals surface area contributed by atoms with Crippen LogP contribution in [-0.4, -0.2) is 30.5 Å². The first-order valence-electron chi connectivity index (χ1n) is 10.1. The summed E-state index contributed by atoms with van der Waals surface area (Å²) in [5.41, 5.74) is 2.58. The Labute approximate surface area is 188 Å². The Morgan fingerprint density at radius 2 is 1.53 bits per heavy atom. The summed E-state index contributed by atoms with van der Waals surface area (Å²) in [5.74, 6) is 0.622. The number of hydrogen-bond donors (Lipinski definition) is 1. The highest BCUT2D eigenvalue weighted by atomic mass is 32.2. The van der Waals surface area contributed by atoms with Crippen LogP contribution < -0.4 is 13.8 Å². The fourth-order valence-corrected chi connectivity index (χ4v) is 6.32. The normalized spacial score (nSPS) is 14.0. The van der Waals surface area contributed by atoms with Gasteiger partial charge in [0.1, 0.15) is 5.75 Å². The molecule has 0 spiro atoms. The van der Waals surface area contributed by atoms with E-state index in [1.54, 1.807) is 60.7 Å². The van der Waals surface area contributed by atoms with E-state index in [0.29, 0.717) is 42.1 Å². The van der Waals surface area contributed by atoms with Crippen LogP contribution in [0.2, 0.25) is 0 Å². The Bertz CT molecular complexity index is 1330. The number of aryl methyl sites for hydroxylation is 2. The Kier molecular flexibility index (Phi) is 5.87. The van der Waals surface area contributed by atoms with Gasteiger partial charge in [-0.1, -0.05) is 17.7 Å². The Morgan fingerprint density at radius 1 is 0.875 bits per heavy atom. The molecule has 4 rings (SSSR count). The summed E-state index contributed by atoms with van der Waals surface area (Å²) >= 11 is 0. The molecular formula is C23H24N2O5S2. The fraction of sp³-hybridized carbons (Fsp3) is 0.217.